The third-order valence-corrected chi connectivity index (χ3v) is 2.07. The average Bonchev–Trinajstić information content (AvgIpc) is 2.29. The van der Waals surface area contributed by atoms with Gasteiger partial charge in [-0.15, -0.1) is 0 Å². The fourth-order valence-electron chi connectivity index (χ4n) is 1.27. The number of hydrogen-bond donors (Lipinski definition) is 0. The van der Waals surface area contributed by atoms with Gasteiger partial charge in [-0.1, -0.05) is 37.3 Å². The van der Waals surface area contributed by atoms with E-state index in [1.165, 1.54) is 0 Å². The molecule has 15 heavy (non-hydrogen) atoms. The van der Waals surface area contributed by atoms with Gasteiger partial charge in [0.25, 0.3) is 0 Å². The summed E-state index contributed by atoms with van der Waals surface area (Å²) in [7, 11) is 0. The number of alkyl halides is 1. The van der Waals surface area contributed by atoms with Crippen molar-refractivity contribution in [3.8, 4) is 0 Å². The Bertz CT molecular complexity index is 298. The number of halogens is 1. The van der Waals surface area contributed by atoms with E-state index in [4.69, 9.17) is 4.74 Å². The van der Waals surface area contributed by atoms with E-state index in [-0.39, 0.29) is 12.4 Å². The van der Waals surface area contributed by atoms with E-state index < -0.39 is 12.8 Å². The number of carbonyl (C=O) groups excluding carboxylic acids is 1. The molecule has 82 valence electrons. The Morgan fingerprint density at radius 2 is 2.07 bits per heavy atom. The fourth-order valence-corrected chi connectivity index (χ4v) is 1.27. The van der Waals surface area contributed by atoms with Crippen molar-refractivity contribution >= 4 is 5.97 Å². The van der Waals surface area contributed by atoms with Crippen LogP contribution in [-0.4, -0.2) is 18.7 Å². The van der Waals surface area contributed by atoms with Gasteiger partial charge in [0.05, 0.1) is 0 Å². The Balaban J connectivity index is 2.50. The van der Waals surface area contributed by atoms with Crippen molar-refractivity contribution < 1.29 is 13.9 Å². The van der Waals surface area contributed by atoms with E-state index >= 15 is 0 Å². The van der Waals surface area contributed by atoms with E-state index in [1.54, 1.807) is 6.92 Å². The topological polar surface area (TPSA) is 26.3 Å². The fraction of sp³-hybridized carbons (Fsp3) is 0.417. The van der Waals surface area contributed by atoms with Crippen LogP contribution in [0.15, 0.2) is 30.3 Å². The maximum atomic E-state index is 12.6. The Hall–Kier alpha value is -1.38. The number of esters is 1. The van der Waals surface area contributed by atoms with Crippen LogP contribution < -0.4 is 0 Å². The molecule has 0 radical (unpaired) electrons. The average molecular weight is 210 g/mol. The summed E-state index contributed by atoms with van der Waals surface area (Å²) in [5, 5.41) is 0. The van der Waals surface area contributed by atoms with E-state index in [0.29, 0.717) is 6.42 Å². The van der Waals surface area contributed by atoms with Crippen molar-refractivity contribution in [1.29, 1.82) is 0 Å². The molecule has 0 unspecified atom stereocenters. The molecular formula is C12H15FO2. The minimum Gasteiger partial charge on any atom is -0.459 e. The van der Waals surface area contributed by atoms with Gasteiger partial charge in [0.1, 0.15) is 12.8 Å². The SMILES string of the molecule is CCC(=O)O[C@@H](CF)Cc1ccccc1. The number of hydrogen-bond acceptors (Lipinski definition) is 2. The van der Waals surface area contributed by atoms with Gasteiger partial charge in [-0.25, -0.2) is 4.39 Å². The van der Waals surface area contributed by atoms with Crippen LogP contribution in [0.2, 0.25) is 0 Å². The second-order valence-corrected chi connectivity index (χ2v) is 3.31. The Morgan fingerprint density at radius 1 is 1.40 bits per heavy atom. The van der Waals surface area contributed by atoms with E-state index in [1.807, 2.05) is 30.3 Å². The summed E-state index contributed by atoms with van der Waals surface area (Å²) >= 11 is 0. The summed E-state index contributed by atoms with van der Waals surface area (Å²) in [6.07, 6.45) is 0.0637. The second kappa shape index (κ2) is 6.17. The lowest BCUT2D eigenvalue weighted by molar-refractivity contribution is -0.149. The van der Waals surface area contributed by atoms with E-state index in [0.717, 1.165) is 5.56 Å². The first-order valence-electron chi connectivity index (χ1n) is 5.05. The summed E-state index contributed by atoms with van der Waals surface area (Å²) in [6.45, 7) is 1.06. The van der Waals surface area contributed by atoms with Gasteiger partial charge >= 0.3 is 5.97 Å². The molecule has 3 heteroatoms. The molecule has 0 saturated carbocycles. The standard InChI is InChI=1S/C12H15FO2/c1-2-12(14)15-11(9-13)8-10-6-4-3-5-7-10/h3-7,11H,2,8-9H2,1H3/t11-/m1/s1. The summed E-state index contributed by atoms with van der Waals surface area (Å²) in [5.74, 6) is -0.353. The lowest BCUT2D eigenvalue weighted by Crippen LogP contribution is -2.22. The molecule has 1 rings (SSSR count). The maximum absolute atomic E-state index is 12.6. The summed E-state index contributed by atoms with van der Waals surface area (Å²) in [5.41, 5.74) is 0.976. The Kier molecular flexibility index (Phi) is 4.81. The van der Waals surface area contributed by atoms with Gasteiger partial charge in [-0.3, -0.25) is 4.79 Å². The monoisotopic (exact) mass is 210 g/mol. The molecule has 0 aromatic heterocycles. The highest BCUT2D eigenvalue weighted by molar-refractivity contribution is 5.69. The molecule has 0 aliphatic rings. The zero-order valence-electron chi connectivity index (χ0n) is 8.78. The van der Waals surface area contributed by atoms with E-state index in [2.05, 4.69) is 0 Å². The highest BCUT2D eigenvalue weighted by Crippen LogP contribution is 2.07. The second-order valence-electron chi connectivity index (χ2n) is 3.31. The maximum Gasteiger partial charge on any atom is 0.305 e. The first-order valence-corrected chi connectivity index (χ1v) is 5.05. The Morgan fingerprint density at radius 3 is 2.60 bits per heavy atom. The smallest absolute Gasteiger partial charge is 0.305 e. The van der Waals surface area contributed by atoms with Crippen LogP contribution in [0, 0.1) is 0 Å². The van der Waals surface area contributed by atoms with Gasteiger partial charge in [-0.2, -0.15) is 0 Å². The quantitative estimate of drug-likeness (QED) is 0.698. The molecule has 0 aliphatic heterocycles. The first-order chi connectivity index (χ1) is 7.26. The minimum atomic E-state index is -0.653. The van der Waals surface area contributed by atoms with Crippen molar-refractivity contribution in [1.82, 2.24) is 0 Å². The predicted molar refractivity (Wildman–Crippen MR) is 56.3 cm³/mol. The van der Waals surface area contributed by atoms with Gasteiger partial charge < -0.3 is 4.74 Å². The first kappa shape index (κ1) is 11.7. The van der Waals surface area contributed by atoms with Crippen LogP contribution in [0.25, 0.3) is 0 Å². The molecule has 0 heterocycles. The number of ether oxygens (including phenoxy) is 1. The molecular weight excluding hydrogens is 195 g/mol. The van der Waals surface area contributed by atoms with Gasteiger partial charge in [0, 0.05) is 12.8 Å². The van der Waals surface area contributed by atoms with Crippen molar-refractivity contribution in [3.63, 3.8) is 0 Å². The molecule has 1 atom stereocenters. The zero-order valence-corrected chi connectivity index (χ0v) is 8.78. The number of carbonyl (C=O) groups is 1. The molecule has 0 spiro atoms. The molecule has 0 amide bonds. The van der Waals surface area contributed by atoms with Crippen LogP contribution in [-0.2, 0) is 16.0 Å². The summed E-state index contributed by atoms with van der Waals surface area (Å²) in [4.78, 5) is 11.0. The van der Waals surface area contributed by atoms with Crippen LogP contribution in [0.4, 0.5) is 4.39 Å². The molecule has 0 bridgehead atoms. The molecule has 2 nitrogen and oxygen atoms in total. The molecule has 0 aliphatic carbocycles. The van der Waals surface area contributed by atoms with E-state index in [9.17, 15) is 9.18 Å². The number of benzene rings is 1. The van der Waals surface area contributed by atoms with Crippen LogP contribution in [0.3, 0.4) is 0 Å². The van der Waals surface area contributed by atoms with Gasteiger partial charge in [0.15, 0.2) is 0 Å². The van der Waals surface area contributed by atoms with Crippen LogP contribution in [0.5, 0.6) is 0 Å². The largest absolute Gasteiger partial charge is 0.459 e. The summed E-state index contributed by atoms with van der Waals surface area (Å²) < 4.78 is 17.5. The van der Waals surface area contributed by atoms with Crippen molar-refractivity contribution in [2.75, 3.05) is 6.67 Å². The zero-order chi connectivity index (χ0) is 11.1. The molecule has 1 aromatic carbocycles. The van der Waals surface area contributed by atoms with Gasteiger partial charge in [-0.05, 0) is 5.56 Å². The highest BCUT2D eigenvalue weighted by atomic mass is 19.1. The third kappa shape index (κ3) is 4.11. The molecule has 1 aromatic rings. The third-order valence-electron chi connectivity index (χ3n) is 2.07. The molecule has 0 fully saturated rings. The van der Waals surface area contributed by atoms with Crippen LogP contribution >= 0.6 is 0 Å². The molecule has 0 saturated heterocycles. The number of rotatable bonds is 5. The Labute approximate surface area is 89.1 Å². The predicted octanol–water partition coefficient (Wildman–Crippen LogP) is 2.52. The lowest BCUT2D eigenvalue weighted by atomic mass is 10.1. The van der Waals surface area contributed by atoms with Gasteiger partial charge in [0.2, 0.25) is 0 Å². The minimum absolute atomic E-state index is 0.283. The molecule has 0 N–H and O–H groups in total. The lowest BCUT2D eigenvalue weighted by Gasteiger charge is -2.13. The van der Waals surface area contributed by atoms with Crippen molar-refractivity contribution in [2.24, 2.45) is 0 Å². The van der Waals surface area contributed by atoms with Crippen LogP contribution in [0.1, 0.15) is 18.9 Å². The normalized spacial score (nSPS) is 12.1. The van der Waals surface area contributed by atoms with Crippen molar-refractivity contribution in [2.45, 2.75) is 25.9 Å². The highest BCUT2D eigenvalue weighted by Gasteiger charge is 2.13. The summed E-state index contributed by atoms with van der Waals surface area (Å²) in [6, 6.07) is 9.44. The van der Waals surface area contributed by atoms with Crippen molar-refractivity contribution in [3.05, 3.63) is 35.9 Å².